The summed E-state index contributed by atoms with van der Waals surface area (Å²) < 4.78 is 0. The summed E-state index contributed by atoms with van der Waals surface area (Å²) in [5, 5.41) is 20.1. The number of phenolic OH excluding ortho intramolecular Hbond substituents is 2. The van der Waals surface area contributed by atoms with Crippen LogP contribution in [0.25, 0.3) is 0 Å². The molecule has 1 aromatic carbocycles. The molecule has 0 bridgehead atoms. The van der Waals surface area contributed by atoms with Crippen LogP contribution in [0.3, 0.4) is 0 Å². The zero-order valence-corrected chi connectivity index (χ0v) is 14.7. The maximum absolute atomic E-state index is 10.2. The molecule has 1 rings (SSSR count). The zero-order chi connectivity index (χ0) is 16.7. The van der Waals surface area contributed by atoms with Gasteiger partial charge >= 0.3 is 0 Å². The summed E-state index contributed by atoms with van der Waals surface area (Å²) in [6.45, 7) is 10.2. The molecule has 0 atom stereocenters. The quantitative estimate of drug-likeness (QED) is 0.499. The smallest absolute Gasteiger partial charge is 0.122 e. The minimum absolute atomic E-state index is 0.259. The lowest BCUT2D eigenvalue weighted by Gasteiger charge is -2.10. The van der Waals surface area contributed by atoms with Crippen LogP contribution in [-0.2, 0) is 6.42 Å². The van der Waals surface area contributed by atoms with Gasteiger partial charge in [0.2, 0.25) is 0 Å². The zero-order valence-electron chi connectivity index (χ0n) is 14.7. The van der Waals surface area contributed by atoms with Crippen molar-refractivity contribution in [3.63, 3.8) is 0 Å². The molecule has 0 aliphatic heterocycles. The summed E-state index contributed by atoms with van der Waals surface area (Å²) in [5.41, 5.74) is 5.08. The summed E-state index contributed by atoms with van der Waals surface area (Å²) in [5.74, 6) is 0.563. The van der Waals surface area contributed by atoms with Gasteiger partial charge in [-0.1, -0.05) is 36.6 Å². The lowest BCUT2D eigenvalue weighted by atomic mass is 9.99. The Bertz CT molecular complexity index is 566. The monoisotopic (exact) mass is 302 g/mol. The first-order valence-corrected chi connectivity index (χ1v) is 8.19. The highest BCUT2D eigenvalue weighted by atomic mass is 16.3. The average molecular weight is 302 g/mol. The lowest BCUT2D eigenvalue weighted by molar-refractivity contribution is 0.448. The van der Waals surface area contributed by atoms with Crippen molar-refractivity contribution in [3.05, 3.63) is 46.1 Å². The summed E-state index contributed by atoms with van der Waals surface area (Å²) >= 11 is 0. The van der Waals surface area contributed by atoms with E-state index in [4.69, 9.17) is 0 Å². The fraction of sp³-hybridized carbons (Fsp3) is 0.500. The highest BCUT2D eigenvalue weighted by molar-refractivity contribution is 5.51. The Morgan fingerprint density at radius 1 is 1.00 bits per heavy atom. The number of hydrogen-bond acceptors (Lipinski definition) is 2. The maximum Gasteiger partial charge on any atom is 0.122 e. The molecule has 2 heteroatoms. The van der Waals surface area contributed by atoms with E-state index in [1.165, 1.54) is 24.0 Å². The van der Waals surface area contributed by atoms with Crippen LogP contribution < -0.4 is 0 Å². The first-order valence-electron chi connectivity index (χ1n) is 8.19. The molecule has 1 aromatic rings. The van der Waals surface area contributed by atoms with Gasteiger partial charge in [0, 0.05) is 5.56 Å². The first kappa shape index (κ1) is 18.3. The van der Waals surface area contributed by atoms with E-state index in [9.17, 15) is 10.2 Å². The van der Waals surface area contributed by atoms with Crippen LogP contribution in [0.1, 0.15) is 63.1 Å². The largest absolute Gasteiger partial charge is 0.508 e. The molecular weight excluding hydrogens is 272 g/mol. The number of aromatic hydroxyl groups is 2. The average Bonchev–Trinajstić information content (AvgIpc) is 2.47. The maximum atomic E-state index is 10.2. The number of hydrogen-bond donors (Lipinski definition) is 2. The Balaban J connectivity index is 2.67. The summed E-state index contributed by atoms with van der Waals surface area (Å²) in [7, 11) is 0. The van der Waals surface area contributed by atoms with Gasteiger partial charge in [0.15, 0.2) is 0 Å². The number of phenols is 2. The summed E-state index contributed by atoms with van der Waals surface area (Å²) in [4.78, 5) is 0. The third kappa shape index (κ3) is 5.25. The fourth-order valence-electron chi connectivity index (χ4n) is 2.54. The molecule has 0 radical (unpaired) electrons. The Morgan fingerprint density at radius 2 is 1.64 bits per heavy atom. The van der Waals surface area contributed by atoms with Gasteiger partial charge in [-0.2, -0.15) is 0 Å². The SMILES string of the molecule is CCC/C(C)=C\CC/C(C)=C/Cc1cc(O)c(C)c(C)c1O. The van der Waals surface area contributed by atoms with Crippen LogP contribution in [0.2, 0.25) is 0 Å². The first-order chi connectivity index (χ1) is 10.4. The van der Waals surface area contributed by atoms with Crippen LogP contribution in [0.5, 0.6) is 11.5 Å². The number of benzene rings is 1. The molecule has 0 fully saturated rings. The van der Waals surface area contributed by atoms with Crippen molar-refractivity contribution >= 4 is 0 Å². The Morgan fingerprint density at radius 3 is 2.27 bits per heavy atom. The molecule has 2 N–H and O–H groups in total. The Hall–Kier alpha value is -1.70. The van der Waals surface area contributed by atoms with E-state index in [2.05, 4.69) is 32.9 Å². The van der Waals surface area contributed by atoms with Gasteiger partial charge in [-0.3, -0.25) is 0 Å². The second-order valence-electron chi connectivity index (χ2n) is 6.25. The van der Waals surface area contributed by atoms with Crippen LogP contribution in [-0.4, -0.2) is 10.2 Å². The molecule has 2 nitrogen and oxygen atoms in total. The van der Waals surface area contributed by atoms with Gasteiger partial charge in [0.25, 0.3) is 0 Å². The van der Waals surface area contributed by atoms with Gasteiger partial charge in [-0.25, -0.2) is 0 Å². The van der Waals surface area contributed by atoms with E-state index in [1.807, 2.05) is 13.8 Å². The molecule has 22 heavy (non-hydrogen) atoms. The van der Waals surface area contributed by atoms with E-state index >= 15 is 0 Å². The van der Waals surface area contributed by atoms with Gasteiger partial charge in [-0.05, 0) is 70.6 Å². The van der Waals surface area contributed by atoms with Gasteiger partial charge in [0.05, 0.1) is 0 Å². The van der Waals surface area contributed by atoms with Crippen molar-refractivity contribution < 1.29 is 10.2 Å². The second kappa shape index (κ2) is 8.67. The van der Waals surface area contributed by atoms with E-state index < -0.39 is 0 Å². The molecule has 0 unspecified atom stereocenters. The van der Waals surface area contributed by atoms with Crippen molar-refractivity contribution in [1.82, 2.24) is 0 Å². The molecular formula is C20H30O2. The van der Waals surface area contributed by atoms with E-state index in [-0.39, 0.29) is 5.75 Å². The van der Waals surface area contributed by atoms with Crippen molar-refractivity contribution in [2.45, 2.75) is 66.7 Å². The van der Waals surface area contributed by atoms with Crippen molar-refractivity contribution in [2.75, 3.05) is 0 Å². The van der Waals surface area contributed by atoms with Crippen LogP contribution in [0, 0.1) is 13.8 Å². The third-order valence-electron chi connectivity index (χ3n) is 4.26. The Kier molecular flexibility index (Phi) is 7.23. The molecule has 0 saturated carbocycles. The topological polar surface area (TPSA) is 40.5 Å². The summed E-state index contributed by atoms with van der Waals surface area (Å²) in [6, 6.07) is 1.67. The molecule has 0 aliphatic carbocycles. The van der Waals surface area contributed by atoms with E-state index in [1.54, 1.807) is 6.07 Å². The third-order valence-corrected chi connectivity index (χ3v) is 4.26. The summed E-state index contributed by atoms with van der Waals surface area (Å²) in [6.07, 6.45) is 9.61. The molecule has 122 valence electrons. The molecule has 0 aromatic heterocycles. The minimum atomic E-state index is 0.259. The lowest BCUT2D eigenvalue weighted by Crippen LogP contribution is -1.91. The fourth-order valence-corrected chi connectivity index (χ4v) is 2.54. The van der Waals surface area contributed by atoms with Crippen LogP contribution in [0.15, 0.2) is 29.4 Å². The molecule has 0 amide bonds. The van der Waals surface area contributed by atoms with Gasteiger partial charge < -0.3 is 10.2 Å². The Labute approximate surface area is 135 Å². The normalized spacial score (nSPS) is 12.8. The van der Waals surface area contributed by atoms with Crippen LogP contribution in [0.4, 0.5) is 0 Å². The van der Waals surface area contributed by atoms with Crippen molar-refractivity contribution in [2.24, 2.45) is 0 Å². The molecule has 0 spiro atoms. The predicted octanol–water partition coefficient (Wildman–Crippen LogP) is 5.73. The van der Waals surface area contributed by atoms with Gasteiger partial charge in [0.1, 0.15) is 11.5 Å². The van der Waals surface area contributed by atoms with E-state index in [0.29, 0.717) is 12.2 Å². The van der Waals surface area contributed by atoms with Crippen molar-refractivity contribution in [3.8, 4) is 11.5 Å². The van der Waals surface area contributed by atoms with E-state index in [0.717, 1.165) is 29.5 Å². The molecule has 0 heterocycles. The predicted molar refractivity (Wildman–Crippen MR) is 94.6 cm³/mol. The molecule has 0 saturated heterocycles. The van der Waals surface area contributed by atoms with Crippen LogP contribution >= 0.6 is 0 Å². The highest BCUT2D eigenvalue weighted by Crippen LogP contribution is 2.32. The molecule has 0 aliphatic rings. The standard InChI is InChI=1S/C20H30O2/c1-6-8-14(2)9-7-10-15(3)11-12-18-13-19(21)16(4)17(5)20(18)22/h9,11,13,21-22H,6-8,10,12H2,1-5H3/b14-9-,15-11+. The second-order valence-corrected chi connectivity index (χ2v) is 6.25. The minimum Gasteiger partial charge on any atom is -0.508 e. The van der Waals surface area contributed by atoms with Crippen molar-refractivity contribution in [1.29, 1.82) is 0 Å². The van der Waals surface area contributed by atoms with Gasteiger partial charge in [-0.15, -0.1) is 0 Å². The number of rotatable bonds is 7. The number of allylic oxidation sites excluding steroid dienone is 4. The highest BCUT2D eigenvalue weighted by Gasteiger charge is 2.10.